The fraction of sp³-hybridized carbons (Fsp3) is 0.391. The summed E-state index contributed by atoms with van der Waals surface area (Å²) in [7, 11) is 0. The maximum Gasteiger partial charge on any atom is 0.339 e. The van der Waals surface area contributed by atoms with Gasteiger partial charge in [0, 0.05) is 18.1 Å². The molecule has 150 valence electrons. The monoisotopic (exact) mass is 399 g/mol. The SMILES string of the molecule is Cc1c(C)c(C)c(C(=O)OCC(=O)NCCSCc2ccccc2)c(C)c1C. The van der Waals surface area contributed by atoms with E-state index >= 15 is 0 Å². The van der Waals surface area contributed by atoms with Crippen molar-refractivity contribution in [1.29, 1.82) is 0 Å². The topological polar surface area (TPSA) is 55.4 Å². The molecule has 0 atom stereocenters. The van der Waals surface area contributed by atoms with Crippen molar-refractivity contribution in [3.8, 4) is 0 Å². The average Bonchev–Trinajstić information content (AvgIpc) is 2.70. The van der Waals surface area contributed by atoms with Crippen LogP contribution in [0.5, 0.6) is 0 Å². The number of thioether (sulfide) groups is 1. The van der Waals surface area contributed by atoms with Gasteiger partial charge in [-0.25, -0.2) is 4.79 Å². The highest BCUT2D eigenvalue weighted by Crippen LogP contribution is 2.26. The maximum atomic E-state index is 12.5. The lowest BCUT2D eigenvalue weighted by molar-refractivity contribution is -0.124. The summed E-state index contributed by atoms with van der Waals surface area (Å²) >= 11 is 1.76. The fourth-order valence-electron chi connectivity index (χ4n) is 3.09. The average molecular weight is 400 g/mol. The summed E-state index contributed by atoms with van der Waals surface area (Å²) in [6.07, 6.45) is 0. The van der Waals surface area contributed by atoms with Gasteiger partial charge in [-0.3, -0.25) is 4.79 Å². The lowest BCUT2D eigenvalue weighted by atomic mass is 9.90. The van der Waals surface area contributed by atoms with E-state index in [1.54, 1.807) is 11.8 Å². The van der Waals surface area contributed by atoms with Crippen molar-refractivity contribution in [3.63, 3.8) is 0 Å². The number of ether oxygens (including phenoxy) is 1. The van der Waals surface area contributed by atoms with Crippen LogP contribution in [0.15, 0.2) is 30.3 Å². The third-order valence-electron chi connectivity index (χ3n) is 5.22. The third kappa shape index (κ3) is 5.61. The number of carbonyl (C=O) groups excluding carboxylic acids is 2. The van der Waals surface area contributed by atoms with Crippen molar-refractivity contribution in [3.05, 3.63) is 69.3 Å². The van der Waals surface area contributed by atoms with E-state index in [2.05, 4.69) is 24.4 Å². The molecule has 28 heavy (non-hydrogen) atoms. The molecular weight excluding hydrogens is 370 g/mol. The fourth-order valence-corrected chi connectivity index (χ4v) is 3.91. The van der Waals surface area contributed by atoms with E-state index in [-0.39, 0.29) is 12.5 Å². The lowest BCUT2D eigenvalue weighted by Gasteiger charge is -2.17. The molecule has 1 N–H and O–H groups in total. The Kier molecular flexibility index (Phi) is 8.12. The number of esters is 1. The number of amides is 1. The molecule has 0 aromatic heterocycles. The first kappa shape index (κ1) is 22.0. The van der Waals surface area contributed by atoms with Gasteiger partial charge in [0.05, 0.1) is 5.56 Å². The van der Waals surface area contributed by atoms with E-state index < -0.39 is 5.97 Å². The largest absolute Gasteiger partial charge is 0.452 e. The Morgan fingerprint density at radius 3 is 2.07 bits per heavy atom. The highest BCUT2D eigenvalue weighted by molar-refractivity contribution is 7.98. The summed E-state index contributed by atoms with van der Waals surface area (Å²) in [5.74, 6) is 1.01. The van der Waals surface area contributed by atoms with Crippen LogP contribution in [0.1, 0.15) is 43.7 Å². The molecule has 0 saturated carbocycles. The molecule has 0 aliphatic rings. The molecule has 2 rings (SSSR count). The zero-order valence-electron chi connectivity index (χ0n) is 17.3. The third-order valence-corrected chi connectivity index (χ3v) is 6.25. The Labute approximate surface area is 172 Å². The van der Waals surface area contributed by atoms with Crippen molar-refractivity contribution in [2.45, 2.75) is 40.4 Å². The van der Waals surface area contributed by atoms with Gasteiger partial charge in [-0.1, -0.05) is 30.3 Å². The molecule has 0 radical (unpaired) electrons. The van der Waals surface area contributed by atoms with Gasteiger partial charge in [-0.2, -0.15) is 11.8 Å². The van der Waals surface area contributed by atoms with Gasteiger partial charge >= 0.3 is 5.97 Å². The summed E-state index contributed by atoms with van der Waals surface area (Å²) in [4.78, 5) is 24.5. The second-order valence-corrected chi connectivity index (χ2v) is 8.07. The number of carbonyl (C=O) groups is 2. The maximum absolute atomic E-state index is 12.5. The predicted molar refractivity (Wildman–Crippen MR) is 116 cm³/mol. The smallest absolute Gasteiger partial charge is 0.339 e. The van der Waals surface area contributed by atoms with Gasteiger partial charge in [-0.15, -0.1) is 0 Å². The normalized spacial score (nSPS) is 10.6. The minimum atomic E-state index is -0.435. The molecule has 0 unspecified atom stereocenters. The highest BCUT2D eigenvalue weighted by atomic mass is 32.2. The van der Waals surface area contributed by atoms with Crippen LogP contribution in [0.4, 0.5) is 0 Å². The van der Waals surface area contributed by atoms with E-state index in [4.69, 9.17) is 4.74 Å². The highest BCUT2D eigenvalue weighted by Gasteiger charge is 2.20. The second kappa shape index (κ2) is 10.3. The zero-order chi connectivity index (χ0) is 20.7. The summed E-state index contributed by atoms with van der Waals surface area (Å²) < 4.78 is 5.27. The van der Waals surface area contributed by atoms with Crippen molar-refractivity contribution < 1.29 is 14.3 Å². The summed E-state index contributed by atoms with van der Waals surface area (Å²) in [6, 6.07) is 10.2. The Morgan fingerprint density at radius 1 is 0.893 bits per heavy atom. The minimum Gasteiger partial charge on any atom is -0.452 e. The molecule has 1 amide bonds. The van der Waals surface area contributed by atoms with E-state index in [1.165, 1.54) is 11.1 Å². The van der Waals surface area contributed by atoms with Crippen molar-refractivity contribution >= 4 is 23.6 Å². The van der Waals surface area contributed by atoms with Crippen LogP contribution in [-0.4, -0.2) is 30.8 Å². The molecule has 0 heterocycles. The molecule has 2 aromatic carbocycles. The lowest BCUT2D eigenvalue weighted by Crippen LogP contribution is -2.30. The van der Waals surface area contributed by atoms with E-state index in [9.17, 15) is 9.59 Å². The number of hydrogen-bond acceptors (Lipinski definition) is 4. The van der Waals surface area contributed by atoms with Crippen molar-refractivity contribution in [1.82, 2.24) is 5.32 Å². The first-order valence-corrected chi connectivity index (χ1v) is 10.6. The first-order valence-electron chi connectivity index (χ1n) is 9.45. The number of hydrogen-bond donors (Lipinski definition) is 1. The van der Waals surface area contributed by atoms with E-state index in [0.717, 1.165) is 33.8 Å². The van der Waals surface area contributed by atoms with Gasteiger partial charge in [-0.05, 0) is 68.0 Å². The van der Waals surface area contributed by atoms with Crippen LogP contribution in [0.25, 0.3) is 0 Å². The zero-order valence-corrected chi connectivity index (χ0v) is 18.2. The molecule has 2 aromatic rings. The number of benzene rings is 2. The Hall–Kier alpha value is -2.27. The van der Waals surface area contributed by atoms with Gasteiger partial charge in [0.15, 0.2) is 6.61 Å². The van der Waals surface area contributed by atoms with Crippen molar-refractivity contribution in [2.24, 2.45) is 0 Å². The van der Waals surface area contributed by atoms with Crippen LogP contribution in [0, 0.1) is 34.6 Å². The van der Waals surface area contributed by atoms with Crippen LogP contribution in [0.2, 0.25) is 0 Å². The summed E-state index contributed by atoms with van der Waals surface area (Å²) in [6.45, 7) is 10.2. The molecule has 0 aliphatic heterocycles. The first-order chi connectivity index (χ1) is 13.3. The second-order valence-electron chi connectivity index (χ2n) is 6.96. The Bertz CT molecular complexity index is 818. The molecule has 0 aliphatic carbocycles. The molecule has 0 spiro atoms. The van der Waals surface area contributed by atoms with Crippen molar-refractivity contribution in [2.75, 3.05) is 18.9 Å². The molecule has 0 saturated heterocycles. The van der Waals surface area contributed by atoms with E-state index in [0.29, 0.717) is 12.1 Å². The van der Waals surface area contributed by atoms with Crippen LogP contribution >= 0.6 is 11.8 Å². The minimum absolute atomic E-state index is 0.257. The van der Waals surface area contributed by atoms with Gasteiger partial charge in [0.1, 0.15) is 0 Å². The molecule has 0 fully saturated rings. The van der Waals surface area contributed by atoms with Gasteiger partial charge < -0.3 is 10.1 Å². The van der Waals surface area contributed by atoms with Crippen LogP contribution in [0.3, 0.4) is 0 Å². The predicted octanol–water partition coefficient (Wildman–Crippen LogP) is 4.44. The standard InChI is InChI=1S/C23H29NO3S/c1-15-16(2)18(4)22(19(5)17(15)3)23(26)27-13-21(25)24-11-12-28-14-20-9-7-6-8-10-20/h6-10H,11-14H2,1-5H3,(H,24,25). The van der Waals surface area contributed by atoms with Crippen LogP contribution < -0.4 is 5.32 Å². The molecular formula is C23H29NO3S. The Balaban J connectivity index is 1.78. The van der Waals surface area contributed by atoms with Gasteiger partial charge in [0.25, 0.3) is 5.91 Å². The van der Waals surface area contributed by atoms with E-state index in [1.807, 2.05) is 45.9 Å². The molecule has 5 heteroatoms. The molecule has 0 bridgehead atoms. The van der Waals surface area contributed by atoms with Gasteiger partial charge in [0.2, 0.25) is 0 Å². The quantitative estimate of drug-likeness (QED) is 0.527. The summed E-state index contributed by atoms with van der Waals surface area (Å²) in [5, 5.41) is 2.80. The number of nitrogens with one attached hydrogen (secondary N) is 1. The molecule has 4 nitrogen and oxygen atoms in total. The Morgan fingerprint density at radius 2 is 1.46 bits per heavy atom. The summed E-state index contributed by atoms with van der Waals surface area (Å²) in [5.41, 5.74) is 7.06. The van der Waals surface area contributed by atoms with Crippen LogP contribution in [-0.2, 0) is 15.3 Å². The number of rotatable bonds is 8.